The van der Waals surface area contributed by atoms with Gasteiger partial charge in [0.05, 0.1) is 0 Å². The molecule has 0 fully saturated rings. The maximum absolute atomic E-state index is 9.45. The fourth-order valence-corrected chi connectivity index (χ4v) is 0. The summed E-state index contributed by atoms with van der Waals surface area (Å²) in [7, 11) is 0. The average molecular weight is 1150 g/mol. The first-order valence-electron chi connectivity index (χ1n) is 18.6. The van der Waals surface area contributed by atoms with Crippen LogP contribution in [0, 0.1) is 0 Å². The van der Waals surface area contributed by atoms with Crippen molar-refractivity contribution in [1.29, 1.82) is 0 Å². The summed E-state index contributed by atoms with van der Waals surface area (Å²) in [5.74, 6) is -14.2. The number of aliphatic hydroxyl groups is 12. The van der Waals surface area contributed by atoms with E-state index in [9.17, 15) is 57.5 Å². The number of rotatable bonds is 12. The Morgan fingerprint density at radius 3 is 0.173 bits per heavy atom. The van der Waals surface area contributed by atoms with Crippen LogP contribution in [0.2, 0.25) is 0 Å². The van der Waals surface area contributed by atoms with Gasteiger partial charge >= 0.3 is 160 Å². The molecular formula is C36H75Na3O36. The number of aliphatic carboxylic acids is 12. The van der Waals surface area contributed by atoms with E-state index in [0.717, 1.165) is 0 Å². The summed E-state index contributed by atoms with van der Waals surface area (Å²) in [5, 5.41) is 189. The molecule has 0 aliphatic rings. The molecule has 0 aromatic carbocycles. The Hall–Kier alpha value is -3.84. The minimum atomic E-state index is -1.23. The molecule has 0 heterocycles. The van der Waals surface area contributed by atoms with Crippen LogP contribution in [0.15, 0.2) is 0 Å². The fraction of sp³-hybridized carbons (Fsp3) is 0.667. The van der Waals surface area contributed by atoms with Gasteiger partial charge in [0, 0.05) is 0 Å². The van der Waals surface area contributed by atoms with Gasteiger partial charge in [-0.15, -0.1) is 0 Å². The van der Waals surface area contributed by atoms with E-state index in [1.807, 2.05) is 0 Å². The average Bonchev–Trinajstić information content (AvgIpc) is 3.19. The Morgan fingerprint density at radius 2 is 0.173 bits per heavy atom. The Labute approximate surface area is 493 Å². The van der Waals surface area contributed by atoms with Crippen molar-refractivity contribution >= 4 is 160 Å². The van der Waals surface area contributed by atoms with Gasteiger partial charge in [0.1, 0.15) is 73.2 Å². The van der Waals surface area contributed by atoms with Gasteiger partial charge in [0.2, 0.25) is 0 Å². The fourth-order valence-electron chi connectivity index (χ4n) is 0. The van der Waals surface area contributed by atoms with Crippen molar-refractivity contribution in [2.24, 2.45) is 0 Å². The maximum atomic E-state index is 9.45. The second-order valence-corrected chi connectivity index (χ2v) is 12.2. The van der Waals surface area contributed by atoms with E-state index in [-0.39, 0.29) is 88.7 Å². The van der Waals surface area contributed by atoms with Crippen molar-refractivity contribution in [1.82, 2.24) is 0 Å². The van der Waals surface area contributed by atoms with Gasteiger partial charge in [-0.25, -0.2) is 57.5 Å². The quantitative estimate of drug-likeness (QED) is 0.0807. The van der Waals surface area contributed by atoms with Crippen LogP contribution in [0.5, 0.6) is 0 Å². The molecule has 0 aliphatic heterocycles. The Kier molecular flexibility index (Phi) is 107. The molecule has 0 rings (SSSR count). The summed E-state index contributed by atoms with van der Waals surface area (Å²) in [4.78, 5) is 113. The molecule has 0 aromatic heterocycles. The predicted octanol–water partition coefficient (Wildman–Crippen LogP) is -8.52. The van der Waals surface area contributed by atoms with Gasteiger partial charge in [0.25, 0.3) is 0 Å². The summed E-state index contributed by atoms with van der Waals surface area (Å²) in [6, 6.07) is 0. The van der Waals surface area contributed by atoms with Crippen LogP contribution >= 0.6 is 0 Å². The molecule has 39 heteroatoms. The zero-order chi connectivity index (χ0) is 61.9. The SMILES string of the molecule is CC(O)C(=O)O.CC(O)C(=O)O.CC(O)C(=O)O.CC(O)C(=O)O.CC(O)C(=O)O.CC(O)C(=O)O.CC(O)C(=O)O.CC(O)C(=O)O.CC(O)C(=O)O.CC(O)C(=O)O.CC(O)C(=O)O.CC(O)C(=O)O.[NaH].[NaH].[NaH]. The van der Waals surface area contributed by atoms with Crippen molar-refractivity contribution < 1.29 is 180 Å². The Morgan fingerprint density at radius 1 is 0.160 bits per heavy atom. The minimum absolute atomic E-state index is 0. The van der Waals surface area contributed by atoms with Crippen LogP contribution in [0.25, 0.3) is 0 Å². The van der Waals surface area contributed by atoms with E-state index in [0.29, 0.717) is 0 Å². The topological polar surface area (TPSA) is 690 Å². The van der Waals surface area contributed by atoms with Crippen molar-refractivity contribution in [3.05, 3.63) is 0 Å². The summed E-state index contributed by atoms with van der Waals surface area (Å²) < 4.78 is 0. The monoisotopic (exact) mass is 1150 g/mol. The zero-order valence-corrected chi connectivity index (χ0v) is 40.6. The summed E-state index contributed by atoms with van der Waals surface area (Å²) in [5.41, 5.74) is 0. The van der Waals surface area contributed by atoms with Crippen molar-refractivity contribution in [3.8, 4) is 0 Å². The number of aliphatic hydroxyl groups excluding tert-OH is 12. The van der Waals surface area contributed by atoms with E-state index < -0.39 is 145 Å². The molecule has 0 bridgehead atoms. The van der Waals surface area contributed by atoms with Crippen LogP contribution in [0.3, 0.4) is 0 Å². The molecule has 0 radical (unpaired) electrons. The zero-order valence-electron chi connectivity index (χ0n) is 40.6. The molecule has 36 nitrogen and oxygen atoms in total. The number of carboxylic acid groups (broad SMARTS) is 12. The van der Waals surface area contributed by atoms with Gasteiger partial charge in [-0.1, -0.05) is 0 Å². The van der Waals surface area contributed by atoms with E-state index in [4.69, 9.17) is 123 Å². The van der Waals surface area contributed by atoms with Crippen molar-refractivity contribution in [3.63, 3.8) is 0 Å². The molecule has 0 spiro atoms. The van der Waals surface area contributed by atoms with Crippen LogP contribution in [-0.4, -0.2) is 356 Å². The second-order valence-electron chi connectivity index (χ2n) is 12.2. The van der Waals surface area contributed by atoms with Crippen molar-refractivity contribution in [2.45, 2.75) is 156 Å². The number of carbonyl (C=O) groups is 12. The molecule has 0 aromatic rings. The predicted molar refractivity (Wildman–Crippen MR) is 253 cm³/mol. The van der Waals surface area contributed by atoms with E-state index in [2.05, 4.69) is 0 Å². The van der Waals surface area contributed by atoms with Gasteiger partial charge in [-0.3, -0.25) is 0 Å². The third-order valence-corrected chi connectivity index (χ3v) is 4.29. The first-order valence-corrected chi connectivity index (χ1v) is 18.6. The molecule has 75 heavy (non-hydrogen) atoms. The number of hydrogen-bond donors (Lipinski definition) is 24. The summed E-state index contributed by atoms with van der Waals surface area (Å²) >= 11 is 0. The van der Waals surface area contributed by atoms with E-state index in [1.165, 1.54) is 83.1 Å². The summed E-state index contributed by atoms with van der Waals surface area (Å²) in [6.45, 7) is 14.4. The van der Waals surface area contributed by atoms with Crippen LogP contribution in [0.1, 0.15) is 83.1 Å². The van der Waals surface area contributed by atoms with Gasteiger partial charge in [-0.2, -0.15) is 0 Å². The van der Waals surface area contributed by atoms with Gasteiger partial charge in [0.15, 0.2) is 0 Å². The van der Waals surface area contributed by atoms with Crippen LogP contribution in [-0.2, 0) is 57.5 Å². The Bertz CT molecular complexity index is 1090. The number of hydrogen-bond acceptors (Lipinski definition) is 24. The molecule has 438 valence electrons. The Balaban J connectivity index is -0.0000000401. The second kappa shape index (κ2) is 72.2. The van der Waals surface area contributed by atoms with Crippen LogP contribution in [0.4, 0.5) is 0 Å². The molecule has 12 atom stereocenters. The van der Waals surface area contributed by atoms with E-state index in [1.54, 1.807) is 0 Å². The first-order chi connectivity index (χ1) is 31.7. The summed E-state index contributed by atoms with van der Waals surface area (Å²) in [6.07, 6.45) is -14.8. The first kappa shape index (κ1) is 111. The standard InChI is InChI=1S/12C3H6O3.3Na.3H/c12*1-2(4)3(5)6;;;;;;/h12*2,4H,1H3,(H,5,6);;;;;;. The number of carboxylic acids is 12. The third-order valence-electron chi connectivity index (χ3n) is 4.29. The van der Waals surface area contributed by atoms with Crippen LogP contribution < -0.4 is 0 Å². The van der Waals surface area contributed by atoms with Gasteiger partial charge in [-0.05, 0) is 83.1 Å². The molecule has 0 amide bonds. The van der Waals surface area contributed by atoms with E-state index >= 15 is 0 Å². The third kappa shape index (κ3) is 167. The molecular weight excluding hydrogens is 1080 g/mol. The molecule has 0 saturated heterocycles. The van der Waals surface area contributed by atoms with Gasteiger partial charge < -0.3 is 123 Å². The molecule has 24 N–H and O–H groups in total. The molecule has 0 aliphatic carbocycles. The molecule has 12 unspecified atom stereocenters. The molecule has 0 saturated carbocycles. The normalized spacial score (nSPS) is 13.1. The van der Waals surface area contributed by atoms with Crippen molar-refractivity contribution in [2.75, 3.05) is 0 Å².